The number of carbonyl (C=O) groups excluding carboxylic acids is 1. The maximum absolute atomic E-state index is 11.5. The number of rotatable bonds is 3. The van der Waals surface area contributed by atoms with Crippen LogP contribution >= 0.6 is 34.4 Å². The first-order valence-electron chi connectivity index (χ1n) is 5.72. The standard InChI is InChI=1S/C15H13IO2S/c1-10-9-13(7-8-14(10)15(17)18-2)19-12-5-3-11(16)4-6-12/h3-9H,1-2H3. The molecule has 2 nitrogen and oxygen atoms in total. The van der Waals surface area contributed by atoms with Gasteiger partial charge in [-0.15, -0.1) is 0 Å². The van der Waals surface area contributed by atoms with Crippen LogP contribution in [0.4, 0.5) is 0 Å². The van der Waals surface area contributed by atoms with Gasteiger partial charge >= 0.3 is 5.97 Å². The van der Waals surface area contributed by atoms with Gasteiger partial charge < -0.3 is 4.74 Å². The van der Waals surface area contributed by atoms with E-state index in [1.165, 1.54) is 15.6 Å². The number of hydrogen-bond acceptors (Lipinski definition) is 3. The Morgan fingerprint density at radius 1 is 1.11 bits per heavy atom. The van der Waals surface area contributed by atoms with Gasteiger partial charge in [0.1, 0.15) is 0 Å². The molecule has 0 fully saturated rings. The first-order valence-corrected chi connectivity index (χ1v) is 7.62. The number of benzene rings is 2. The summed E-state index contributed by atoms with van der Waals surface area (Å²) < 4.78 is 5.96. The number of halogens is 1. The monoisotopic (exact) mass is 384 g/mol. The second-order valence-electron chi connectivity index (χ2n) is 4.02. The number of carbonyl (C=O) groups is 1. The van der Waals surface area contributed by atoms with E-state index in [0.717, 1.165) is 10.5 Å². The minimum absolute atomic E-state index is 0.289. The van der Waals surface area contributed by atoms with E-state index in [0.29, 0.717) is 5.56 Å². The Kier molecular flexibility index (Phi) is 4.87. The predicted molar refractivity (Wildman–Crippen MR) is 85.8 cm³/mol. The van der Waals surface area contributed by atoms with Gasteiger partial charge in [0.15, 0.2) is 0 Å². The number of ether oxygens (including phenoxy) is 1. The van der Waals surface area contributed by atoms with Gasteiger partial charge in [-0.25, -0.2) is 4.79 Å². The normalized spacial score (nSPS) is 10.3. The molecule has 0 saturated heterocycles. The van der Waals surface area contributed by atoms with E-state index in [1.807, 2.05) is 25.1 Å². The van der Waals surface area contributed by atoms with Crippen LogP contribution in [0.5, 0.6) is 0 Å². The van der Waals surface area contributed by atoms with Gasteiger partial charge in [-0.05, 0) is 77.5 Å². The molecule has 0 atom stereocenters. The van der Waals surface area contributed by atoms with Crippen LogP contribution < -0.4 is 0 Å². The lowest BCUT2D eigenvalue weighted by Gasteiger charge is -2.07. The Hall–Kier alpha value is -1.01. The molecule has 0 amide bonds. The molecule has 98 valence electrons. The van der Waals surface area contributed by atoms with Crippen LogP contribution in [-0.4, -0.2) is 13.1 Å². The van der Waals surface area contributed by atoms with E-state index in [-0.39, 0.29) is 5.97 Å². The largest absolute Gasteiger partial charge is 0.465 e. The Morgan fingerprint density at radius 2 is 1.74 bits per heavy atom. The van der Waals surface area contributed by atoms with Crippen LogP contribution in [0, 0.1) is 10.5 Å². The molecule has 2 aromatic rings. The summed E-state index contributed by atoms with van der Waals surface area (Å²) in [6.07, 6.45) is 0. The average molecular weight is 384 g/mol. The smallest absolute Gasteiger partial charge is 0.338 e. The molecular weight excluding hydrogens is 371 g/mol. The molecule has 4 heteroatoms. The second kappa shape index (κ2) is 6.43. The molecule has 0 aromatic heterocycles. The Morgan fingerprint density at radius 3 is 2.32 bits per heavy atom. The number of esters is 1. The molecule has 0 unspecified atom stereocenters. The maximum Gasteiger partial charge on any atom is 0.338 e. The van der Waals surface area contributed by atoms with Crippen molar-refractivity contribution in [3.05, 3.63) is 57.2 Å². The molecule has 0 heterocycles. The highest BCUT2D eigenvalue weighted by atomic mass is 127. The second-order valence-corrected chi connectivity index (χ2v) is 6.42. The Balaban J connectivity index is 2.20. The summed E-state index contributed by atoms with van der Waals surface area (Å²) in [5.41, 5.74) is 1.55. The van der Waals surface area contributed by atoms with E-state index < -0.39 is 0 Å². The number of methoxy groups -OCH3 is 1. The Labute approximate surface area is 130 Å². The van der Waals surface area contributed by atoms with Gasteiger partial charge in [0, 0.05) is 13.4 Å². The van der Waals surface area contributed by atoms with Crippen LogP contribution in [0.1, 0.15) is 15.9 Å². The fraction of sp³-hybridized carbons (Fsp3) is 0.133. The molecule has 0 aliphatic heterocycles. The summed E-state index contributed by atoms with van der Waals surface area (Å²) in [6, 6.07) is 14.1. The van der Waals surface area contributed by atoms with E-state index in [1.54, 1.807) is 11.8 Å². The summed E-state index contributed by atoms with van der Waals surface area (Å²) in [5, 5.41) is 0. The molecule has 0 radical (unpaired) electrons. The topological polar surface area (TPSA) is 26.3 Å². The zero-order valence-electron chi connectivity index (χ0n) is 10.6. The fourth-order valence-electron chi connectivity index (χ4n) is 1.68. The van der Waals surface area contributed by atoms with Crippen molar-refractivity contribution in [2.75, 3.05) is 7.11 Å². The van der Waals surface area contributed by atoms with Crippen LogP contribution in [0.3, 0.4) is 0 Å². The fourth-order valence-corrected chi connectivity index (χ4v) is 2.95. The third-order valence-corrected chi connectivity index (χ3v) is 4.37. The summed E-state index contributed by atoms with van der Waals surface area (Å²) in [5.74, 6) is -0.289. The average Bonchev–Trinajstić information content (AvgIpc) is 2.41. The molecule has 0 aliphatic carbocycles. The molecule has 0 spiro atoms. The number of aryl methyl sites for hydroxylation is 1. The third kappa shape index (κ3) is 3.73. The van der Waals surface area contributed by atoms with E-state index in [4.69, 9.17) is 4.74 Å². The van der Waals surface area contributed by atoms with E-state index >= 15 is 0 Å². The van der Waals surface area contributed by atoms with Crippen LogP contribution in [0.15, 0.2) is 52.3 Å². The van der Waals surface area contributed by atoms with Crippen molar-refractivity contribution in [1.82, 2.24) is 0 Å². The maximum atomic E-state index is 11.5. The lowest BCUT2D eigenvalue weighted by molar-refractivity contribution is 0.0600. The highest BCUT2D eigenvalue weighted by Crippen LogP contribution is 2.29. The molecule has 0 saturated carbocycles. The summed E-state index contributed by atoms with van der Waals surface area (Å²) in [4.78, 5) is 13.8. The van der Waals surface area contributed by atoms with Crippen molar-refractivity contribution in [1.29, 1.82) is 0 Å². The Bertz CT molecular complexity index is 594. The van der Waals surface area contributed by atoms with E-state index in [2.05, 4.69) is 46.9 Å². The van der Waals surface area contributed by atoms with Gasteiger partial charge in [-0.2, -0.15) is 0 Å². The van der Waals surface area contributed by atoms with E-state index in [9.17, 15) is 4.79 Å². The van der Waals surface area contributed by atoms with Crippen molar-refractivity contribution < 1.29 is 9.53 Å². The van der Waals surface area contributed by atoms with Gasteiger partial charge in [0.25, 0.3) is 0 Å². The van der Waals surface area contributed by atoms with Crippen molar-refractivity contribution in [3.63, 3.8) is 0 Å². The lowest BCUT2D eigenvalue weighted by Crippen LogP contribution is -2.03. The van der Waals surface area contributed by atoms with Gasteiger partial charge in [-0.1, -0.05) is 11.8 Å². The molecule has 2 rings (SSSR count). The third-order valence-electron chi connectivity index (χ3n) is 2.65. The van der Waals surface area contributed by atoms with Crippen molar-refractivity contribution in [2.24, 2.45) is 0 Å². The lowest BCUT2D eigenvalue weighted by atomic mass is 10.1. The highest BCUT2D eigenvalue weighted by molar-refractivity contribution is 14.1. The predicted octanol–water partition coefficient (Wildman–Crippen LogP) is 4.54. The molecule has 19 heavy (non-hydrogen) atoms. The minimum atomic E-state index is -0.289. The SMILES string of the molecule is COC(=O)c1ccc(Sc2ccc(I)cc2)cc1C. The van der Waals surface area contributed by atoms with Gasteiger partial charge in [0.05, 0.1) is 12.7 Å². The highest BCUT2D eigenvalue weighted by Gasteiger charge is 2.09. The molecule has 0 bridgehead atoms. The zero-order chi connectivity index (χ0) is 13.8. The molecule has 0 N–H and O–H groups in total. The van der Waals surface area contributed by atoms with Crippen molar-refractivity contribution in [3.8, 4) is 0 Å². The minimum Gasteiger partial charge on any atom is -0.465 e. The first kappa shape index (κ1) is 14.4. The summed E-state index contributed by atoms with van der Waals surface area (Å²) >= 11 is 3.97. The number of hydrogen-bond donors (Lipinski definition) is 0. The zero-order valence-corrected chi connectivity index (χ0v) is 13.6. The van der Waals surface area contributed by atoms with Crippen molar-refractivity contribution >= 4 is 40.3 Å². The summed E-state index contributed by atoms with van der Waals surface area (Å²) in [7, 11) is 1.40. The van der Waals surface area contributed by atoms with Gasteiger partial charge in [-0.3, -0.25) is 0 Å². The van der Waals surface area contributed by atoms with Crippen LogP contribution in [0.25, 0.3) is 0 Å². The van der Waals surface area contributed by atoms with Crippen LogP contribution in [0.2, 0.25) is 0 Å². The van der Waals surface area contributed by atoms with Gasteiger partial charge in [0.2, 0.25) is 0 Å². The quantitative estimate of drug-likeness (QED) is 0.574. The first-order chi connectivity index (χ1) is 9.10. The summed E-state index contributed by atoms with van der Waals surface area (Å²) in [6.45, 7) is 1.92. The molecular formula is C15H13IO2S. The molecule has 0 aliphatic rings. The van der Waals surface area contributed by atoms with Crippen molar-refractivity contribution in [2.45, 2.75) is 16.7 Å². The molecule has 2 aromatic carbocycles. The van der Waals surface area contributed by atoms with Crippen LogP contribution in [-0.2, 0) is 4.74 Å².